The average Bonchev–Trinajstić information content (AvgIpc) is 3.17. The summed E-state index contributed by atoms with van der Waals surface area (Å²) in [5.74, 6) is 0.136. The summed E-state index contributed by atoms with van der Waals surface area (Å²) in [6.07, 6.45) is 2.61. The number of benzene rings is 2. The fraction of sp³-hybridized carbons (Fsp3) is 0.375. The average molecular weight is 437 g/mol. The van der Waals surface area contributed by atoms with Crippen molar-refractivity contribution in [2.75, 3.05) is 19.0 Å². The number of nitrogens with zero attached hydrogens (tertiary/aromatic N) is 1. The molecule has 3 N–H and O–H groups in total. The predicted molar refractivity (Wildman–Crippen MR) is 123 cm³/mol. The van der Waals surface area contributed by atoms with Crippen LogP contribution in [-0.4, -0.2) is 40.3 Å². The molecule has 2 amide bonds. The first-order valence-electron chi connectivity index (χ1n) is 11.0. The maximum absolute atomic E-state index is 13.4. The summed E-state index contributed by atoms with van der Waals surface area (Å²) in [5, 5.41) is 2.99. The zero-order valence-corrected chi connectivity index (χ0v) is 18.3. The van der Waals surface area contributed by atoms with E-state index in [4.69, 9.17) is 4.74 Å². The Kier molecular flexibility index (Phi) is 6.30. The number of methoxy groups -OCH3 is 1. The molecule has 8 heteroatoms. The molecule has 32 heavy (non-hydrogen) atoms. The summed E-state index contributed by atoms with van der Waals surface area (Å²) in [4.78, 5) is 45.1. The number of anilines is 1. The Morgan fingerprint density at radius 1 is 1.16 bits per heavy atom. The minimum absolute atomic E-state index is 0.0599. The fourth-order valence-corrected chi connectivity index (χ4v) is 4.46. The van der Waals surface area contributed by atoms with Crippen LogP contribution in [0.2, 0.25) is 0 Å². The largest absolute Gasteiger partial charge is 0.496 e. The lowest BCUT2D eigenvalue weighted by atomic mass is 9.83. The Morgan fingerprint density at radius 2 is 1.94 bits per heavy atom. The number of nitrogens with one attached hydrogen (secondary N) is 3. The van der Waals surface area contributed by atoms with Gasteiger partial charge in [-0.25, -0.2) is 4.79 Å². The summed E-state index contributed by atoms with van der Waals surface area (Å²) >= 11 is 0. The molecule has 4 rings (SSSR count). The Labute approximate surface area is 186 Å². The normalized spacial score (nSPS) is 18.7. The molecule has 1 aromatic heterocycles. The molecule has 168 valence electrons. The van der Waals surface area contributed by atoms with E-state index in [1.165, 1.54) is 0 Å². The number of hydrogen-bond donors (Lipinski definition) is 3. The number of ether oxygens (including phenoxy) is 1. The Hall–Kier alpha value is -3.55. The number of imidazole rings is 1. The lowest BCUT2D eigenvalue weighted by Crippen LogP contribution is -2.47. The number of hydrogen-bond acceptors (Lipinski definition) is 4. The monoisotopic (exact) mass is 436 g/mol. The third kappa shape index (κ3) is 4.26. The van der Waals surface area contributed by atoms with Gasteiger partial charge >= 0.3 is 5.69 Å². The highest BCUT2D eigenvalue weighted by Gasteiger charge is 2.41. The van der Waals surface area contributed by atoms with E-state index < -0.39 is 12.0 Å². The van der Waals surface area contributed by atoms with Crippen LogP contribution in [0.3, 0.4) is 0 Å². The van der Waals surface area contributed by atoms with E-state index in [1.807, 2.05) is 29.2 Å². The van der Waals surface area contributed by atoms with Crippen LogP contribution in [0.4, 0.5) is 5.69 Å². The maximum Gasteiger partial charge on any atom is 0.323 e. The molecule has 0 saturated carbocycles. The summed E-state index contributed by atoms with van der Waals surface area (Å²) in [7, 11) is 1.60. The minimum Gasteiger partial charge on any atom is -0.496 e. The third-order valence-electron chi connectivity index (χ3n) is 6.04. The van der Waals surface area contributed by atoms with Gasteiger partial charge in [-0.2, -0.15) is 0 Å². The summed E-state index contributed by atoms with van der Waals surface area (Å²) in [6, 6.07) is 12.4. The molecule has 1 aliphatic heterocycles. The quantitative estimate of drug-likeness (QED) is 0.526. The van der Waals surface area contributed by atoms with Crippen molar-refractivity contribution in [3.63, 3.8) is 0 Å². The van der Waals surface area contributed by atoms with Crippen molar-refractivity contribution in [1.82, 2.24) is 14.9 Å². The number of piperidine rings is 1. The van der Waals surface area contributed by atoms with Crippen LogP contribution in [-0.2, 0) is 9.59 Å². The van der Waals surface area contributed by atoms with Crippen molar-refractivity contribution in [2.24, 2.45) is 5.92 Å². The van der Waals surface area contributed by atoms with Crippen molar-refractivity contribution < 1.29 is 14.3 Å². The van der Waals surface area contributed by atoms with Crippen molar-refractivity contribution in [2.45, 2.75) is 38.6 Å². The molecule has 0 bridgehead atoms. The van der Waals surface area contributed by atoms with E-state index in [2.05, 4.69) is 22.2 Å². The molecule has 2 heterocycles. The van der Waals surface area contributed by atoms with Gasteiger partial charge in [0.2, 0.25) is 11.8 Å². The number of para-hydroxylation sites is 1. The van der Waals surface area contributed by atoms with Gasteiger partial charge in [0.15, 0.2) is 0 Å². The van der Waals surface area contributed by atoms with Crippen LogP contribution >= 0.6 is 0 Å². The highest BCUT2D eigenvalue weighted by atomic mass is 16.5. The second-order valence-corrected chi connectivity index (χ2v) is 8.10. The van der Waals surface area contributed by atoms with Crippen molar-refractivity contribution in [1.29, 1.82) is 0 Å². The number of fused-ring (bicyclic) bond motifs is 1. The first kappa shape index (κ1) is 21.7. The lowest BCUT2D eigenvalue weighted by molar-refractivity contribution is -0.142. The van der Waals surface area contributed by atoms with Crippen molar-refractivity contribution >= 4 is 28.5 Å². The summed E-state index contributed by atoms with van der Waals surface area (Å²) in [6.45, 7) is 2.68. The Bertz CT molecular complexity index is 1180. The van der Waals surface area contributed by atoms with Gasteiger partial charge in [-0.05, 0) is 37.1 Å². The SMILES string of the molecule is CCCCN1C(=O)CCC(C(=O)Nc2ccc3[nH]c(=O)[nH]c3c2)C1c1ccccc1OC. The summed E-state index contributed by atoms with van der Waals surface area (Å²) < 4.78 is 5.58. The molecule has 1 fully saturated rings. The number of rotatable bonds is 7. The smallest absolute Gasteiger partial charge is 0.323 e. The van der Waals surface area contributed by atoms with Crippen molar-refractivity contribution in [3.8, 4) is 5.75 Å². The molecule has 3 aromatic rings. The first-order valence-corrected chi connectivity index (χ1v) is 11.0. The van der Waals surface area contributed by atoms with Crippen LogP contribution in [0.1, 0.15) is 44.2 Å². The van der Waals surface area contributed by atoms with Gasteiger partial charge in [0.1, 0.15) is 5.75 Å². The third-order valence-corrected chi connectivity index (χ3v) is 6.04. The number of amides is 2. The van der Waals surface area contributed by atoms with Gasteiger partial charge in [-0.1, -0.05) is 31.5 Å². The molecular formula is C24H28N4O4. The van der Waals surface area contributed by atoms with E-state index in [-0.39, 0.29) is 17.5 Å². The highest BCUT2D eigenvalue weighted by Crippen LogP contribution is 2.41. The van der Waals surface area contributed by atoms with Crippen LogP contribution < -0.4 is 15.7 Å². The number of aromatic nitrogens is 2. The lowest BCUT2D eigenvalue weighted by Gasteiger charge is -2.41. The molecule has 0 aliphatic carbocycles. The van der Waals surface area contributed by atoms with Gasteiger partial charge in [-0.3, -0.25) is 9.59 Å². The molecule has 2 aromatic carbocycles. The molecule has 8 nitrogen and oxygen atoms in total. The number of carbonyl (C=O) groups excluding carboxylic acids is 2. The number of H-pyrrole nitrogens is 2. The van der Waals surface area contributed by atoms with E-state index in [0.717, 1.165) is 18.4 Å². The zero-order valence-electron chi connectivity index (χ0n) is 18.3. The molecule has 1 aliphatic rings. The predicted octanol–water partition coefficient (Wildman–Crippen LogP) is 3.58. The van der Waals surface area contributed by atoms with E-state index in [9.17, 15) is 14.4 Å². The van der Waals surface area contributed by atoms with E-state index >= 15 is 0 Å². The van der Waals surface area contributed by atoms with Crippen molar-refractivity contribution in [3.05, 3.63) is 58.5 Å². The fourth-order valence-electron chi connectivity index (χ4n) is 4.46. The number of carbonyl (C=O) groups is 2. The molecular weight excluding hydrogens is 408 g/mol. The van der Waals surface area contributed by atoms with E-state index in [1.54, 1.807) is 25.3 Å². The number of aromatic amines is 2. The second-order valence-electron chi connectivity index (χ2n) is 8.10. The number of unbranched alkanes of at least 4 members (excludes halogenated alkanes) is 1. The maximum atomic E-state index is 13.4. The van der Waals surface area contributed by atoms with Gasteiger partial charge in [0.05, 0.1) is 30.1 Å². The van der Waals surface area contributed by atoms with Gasteiger partial charge in [-0.15, -0.1) is 0 Å². The van der Waals surface area contributed by atoms with Gasteiger partial charge < -0.3 is 24.9 Å². The Balaban J connectivity index is 1.67. The van der Waals surface area contributed by atoms with Crippen LogP contribution in [0.5, 0.6) is 5.75 Å². The van der Waals surface area contributed by atoms with Gasteiger partial charge in [0, 0.05) is 24.2 Å². The van der Waals surface area contributed by atoms with Crippen LogP contribution in [0, 0.1) is 5.92 Å². The number of likely N-dealkylation sites (tertiary alicyclic amines) is 1. The second kappa shape index (κ2) is 9.30. The highest BCUT2D eigenvalue weighted by molar-refractivity contribution is 5.96. The van der Waals surface area contributed by atoms with E-state index in [0.29, 0.717) is 41.9 Å². The van der Waals surface area contributed by atoms with Gasteiger partial charge in [0.25, 0.3) is 0 Å². The Morgan fingerprint density at radius 3 is 2.72 bits per heavy atom. The van der Waals surface area contributed by atoms with Crippen LogP contribution in [0.25, 0.3) is 11.0 Å². The zero-order chi connectivity index (χ0) is 22.7. The standard InChI is InChI=1S/C24H28N4O4/c1-3-4-13-28-21(29)12-10-17(22(28)16-7-5-6-8-20(16)32-2)23(30)25-15-9-11-18-19(14-15)27-24(31)26-18/h5-9,11,14,17,22H,3-4,10,12-13H2,1-2H3,(H,25,30)(H2,26,27,31). The van der Waals surface area contributed by atoms with Crippen LogP contribution in [0.15, 0.2) is 47.3 Å². The molecule has 0 spiro atoms. The first-order chi connectivity index (χ1) is 15.5. The molecule has 1 saturated heterocycles. The topological polar surface area (TPSA) is 107 Å². The minimum atomic E-state index is -0.429. The molecule has 2 atom stereocenters. The summed E-state index contributed by atoms with van der Waals surface area (Å²) in [5.41, 5.74) is 2.43. The molecule has 2 unspecified atom stereocenters. The molecule has 0 radical (unpaired) electrons.